The zero-order valence-electron chi connectivity index (χ0n) is 8.71. The average Bonchev–Trinajstić information content (AvgIpc) is 2.20. The summed E-state index contributed by atoms with van der Waals surface area (Å²) in [7, 11) is -5.80. The smallest absolute Gasteiger partial charge is 0.243 e. The van der Waals surface area contributed by atoms with Crippen LogP contribution in [0.2, 0.25) is 0 Å². The maximum Gasteiger partial charge on any atom is 0.470 e. The van der Waals surface area contributed by atoms with Crippen molar-refractivity contribution in [1.29, 1.82) is 0 Å². The lowest BCUT2D eigenvalue weighted by atomic mass is 9.91. The molecule has 1 aliphatic rings. The van der Waals surface area contributed by atoms with Gasteiger partial charge in [-0.2, -0.15) is 13.2 Å². The molecule has 12 heteroatoms. The second kappa shape index (κ2) is 5.04. The van der Waals surface area contributed by atoms with E-state index in [0.29, 0.717) is 0 Å². The van der Waals surface area contributed by atoms with Crippen molar-refractivity contribution in [3.8, 4) is 0 Å². The van der Waals surface area contributed by atoms with E-state index < -0.39 is 52.4 Å². The molecule has 3 nitrogen and oxygen atoms in total. The topological polar surface area (TPSA) is 46.2 Å². The highest BCUT2D eigenvalue weighted by molar-refractivity contribution is 7.90. The van der Waals surface area contributed by atoms with Gasteiger partial charge in [0.2, 0.25) is 10.0 Å². The Hall–Kier alpha value is -0.650. The van der Waals surface area contributed by atoms with Crippen LogP contribution in [0.1, 0.15) is 0 Å². The van der Waals surface area contributed by atoms with Crippen LogP contribution < -0.4 is 4.72 Å². The van der Waals surface area contributed by atoms with Gasteiger partial charge in [0, 0.05) is 0 Å². The van der Waals surface area contributed by atoms with Crippen molar-refractivity contribution in [3.63, 3.8) is 0 Å². The summed E-state index contributed by atoms with van der Waals surface area (Å²) in [6.07, 6.45) is -22.5. The van der Waals surface area contributed by atoms with Crippen LogP contribution >= 0.6 is 0 Å². The van der Waals surface area contributed by atoms with Gasteiger partial charge in [0.25, 0.3) is 0 Å². The molecule has 0 aliphatic heterocycles. The lowest BCUT2D eigenvalue weighted by molar-refractivity contribution is -0.138. The molecule has 1 saturated carbocycles. The van der Waals surface area contributed by atoms with Gasteiger partial charge in [-0.15, -0.1) is 4.72 Å². The molecule has 0 heterocycles. The van der Waals surface area contributed by atoms with Crippen molar-refractivity contribution >= 4 is 10.0 Å². The van der Waals surface area contributed by atoms with Crippen molar-refractivity contribution in [2.45, 2.75) is 42.4 Å². The minimum absolute atomic E-state index is 0.0816. The van der Waals surface area contributed by atoms with Crippen molar-refractivity contribution in [2.75, 3.05) is 0 Å². The summed E-state index contributed by atoms with van der Waals surface area (Å²) in [6.45, 7) is 0. The van der Waals surface area contributed by atoms with Gasteiger partial charge < -0.3 is 0 Å². The summed E-state index contributed by atoms with van der Waals surface area (Å²) in [4.78, 5) is 0. The summed E-state index contributed by atoms with van der Waals surface area (Å²) >= 11 is 0. The van der Waals surface area contributed by atoms with Gasteiger partial charge in [-0.1, -0.05) is 0 Å². The molecular weight excluding hydrogens is 314 g/mol. The van der Waals surface area contributed by atoms with Gasteiger partial charge in [0.1, 0.15) is 5.25 Å². The summed E-state index contributed by atoms with van der Waals surface area (Å²) in [6, 6.07) is 0. The standard InChI is InChI=1S/C7H7F8NO2S/c8-1-2(9)4(11)6(5(12)3(1)10)19(17,18)16-7(13,14)15/h1-6,16H. The third-order valence-electron chi connectivity index (χ3n) is 2.46. The quantitative estimate of drug-likeness (QED) is 0.619. The second-order valence-corrected chi connectivity index (χ2v) is 5.67. The Morgan fingerprint density at radius 1 is 0.737 bits per heavy atom. The first-order valence-electron chi connectivity index (χ1n) is 4.68. The van der Waals surface area contributed by atoms with E-state index in [0.717, 1.165) is 0 Å². The molecule has 4 atom stereocenters. The van der Waals surface area contributed by atoms with Gasteiger partial charge in [0.05, 0.1) is 0 Å². The summed E-state index contributed by atoms with van der Waals surface area (Å²) in [5.41, 5.74) is 0. The Morgan fingerprint density at radius 3 is 1.37 bits per heavy atom. The largest absolute Gasteiger partial charge is 0.470 e. The molecule has 4 unspecified atom stereocenters. The van der Waals surface area contributed by atoms with Gasteiger partial charge in [-0.3, -0.25) is 0 Å². The van der Waals surface area contributed by atoms with Crippen LogP contribution in [0.3, 0.4) is 0 Å². The molecule has 0 saturated heterocycles. The van der Waals surface area contributed by atoms with Crippen LogP contribution in [0.15, 0.2) is 0 Å². The van der Waals surface area contributed by atoms with Crippen molar-refractivity contribution in [2.24, 2.45) is 0 Å². The van der Waals surface area contributed by atoms with E-state index in [9.17, 15) is 43.5 Å². The minimum atomic E-state index is -5.80. The van der Waals surface area contributed by atoms with Gasteiger partial charge in [-0.05, 0) is 0 Å². The van der Waals surface area contributed by atoms with E-state index >= 15 is 0 Å². The van der Waals surface area contributed by atoms with Crippen molar-refractivity contribution in [1.82, 2.24) is 4.72 Å². The number of alkyl halides is 8. The molecule has 0 aromatic heterocycles. The number of hydrogen-bond donors (Lipinski definition) is 1. The lowest BCUT2D eigenvalue weighted by Gasteiger charge is -2.35. The normalized spacial score (nSPS) is 41.3. The summed E-state index contributed by atoms with van der Waals surface area (Å²) in [5, 5.41) is -3.33. The number of nitrogens with one attached hydrogen (secondary N) is 1. The monoisotopic (exact) mass is 321 g/mol. The van der Waals surface area contributed by atoms with E-state index in [2.05, 4.69) is 0 Å². The molecule has 0 aromatic rings. The molecule has 0 spiro atoms. The first-order valence-corrected chi connectivity index (χ1v) is 6.23. The number of hydrogen-bond acceptors (Lipinski definition) is 2. The first-order chi connectivity index (χ1) is 8.38. The minimum Gasteiger partial charge on any atom is -0.243 e. The Labute approximate surface area is 102 Å². The van der Waals surface area contributed by atoms with Gasteiger partial charge in [-0.25, -0.2) is 30.4 Å². The fourth-order valence-corrected chi connectivity index (χ4v) is 3.08. The zero-order valence-corrected chi connectivity index (χ0v) is 9.53. The molecule has 1 aliphatic carbocycles. The highest BCUT2D eigenvalue weighted by Gasteiger charge is 2.59. The molecular formula is C7H7F8NO2S. The number of sulfonamides is 1. The molecule has 1 rings (SSSR count). The molecule has 0 bridgehead atoms. The van der Waals surface area contributed by atoms with E-state index in [4.69, 9.17) is 0 Å². The zero-order chi connectivity index (χ0) is 15.2. The average molecular weight is 321 g/mol. The van der Waals surface area contributed by atoms with E-state index in [1.807, 2.05) is 0 Å². The SMILES string of the molecule is O=S(=O)(NC(F)(F)F)C1C(F)C(F)C(F)C(F)C1F. The van der Waals surface area contributed by atoms with Crippen LogP contribution in [0.4, 0.5) is 35.1 Å². The molecule has 1 N–H and O–H groups in total. The van der Waals surface area contributed by atoms with Crippen LogP contribution in [0.25, 0.3) is 0 Å². The molecule has 19 heavy (non-hydrogen) atoms. The van der Waals surface area contributed by atoms with Crippen molar-refractivity contribution < 1.29 is 43.5 Å². The third kappa shape index (κ3) is 3.27. The number of halogens is 8. The van der Waals surface area contributed by atoms with E-state index in [1.54, 1.807) is 0 Å². The van der Waals surface area contributed by atoms with Crippen LogP contribution in [-0.4, -0.2) is 50.8 Å². The predicted molar refractivity (Wildman–Crippen MR) is 46.4 cm³/mol. The molecule has 0 radical (unpaired) electrons. The predicted octanol–water partition coefficient (Wildman–Crippen LogP) is 1.50. The van der Waals surface area contributed by atoms with Crippen LogP contribution in [-0.2, 0) is 10.0 Å². The van der Waals surface area contributed by atoms with Gasteiger partial charge in [0.15, 0.2) is 30.9 Å². The Bertz CT molecular complexity index is 409. The summed E-state index contributed by atoms with van der Waals surface area (Å²) in [5.74, 6) is 0. The molecule has 0 aromatic carbocycles. The van der Waals surface area contributed by atoms with Crippen LogP contribution in [0, 0.1) is 0 Å². The molecule has 0 amide bonds. The Kier molecular flexibility index (Phi) is 4.35. The maximum atomic E-state index is 13.2. The van der Waals surface area contributed by atoms with E-state index in [1.165, 1.54) is 0 Å². The van der Waals surface area contributed by atoms with Gasteiger partial charge >= 0.3 is 6.30 Å². The lowest BCUT2D eigenvalue weighted by Crippen LogP contribution is -2.62. The third-order valence-corrected chi connectivity index (χ3v) is 4.21. The van der Waals surface area contributed by atoms with Crippen molar-refractivity contribution in [3.05, 3.63) is 0 Å². The highest BCUT2D eigenvalue weighted by Crippen LogP contribution is 2.35. The molecule has 114 valence electrons. The summed E-state index contributed by atoms with van der Waals surface area (Å²) < 4.78 is 122. The molecule has 1 fully saturated rings. The highest BCUT2D eigenvalue weighted by atomic mass is 32.2. The van der Waals surface area contributed by atoms with E-state index in [-0.39, 0.29) is 4.72 Å². The maximum absolute atomic E-state index is 13.2. The second-order valence-electron chi connectivity index (χ2n) is 3.83. The number of rotatable bonds is 2. The Balaban J connectivity index is 3.10. The first kappa shape index (κ1) is 16.4. The van der Waals surface area contributed by atoms with Crippen LogP contribution in [0.5, 0.6) is 0 Å². The Morgan fingerprint density at radius 2 is 1.05 bits per heavy atom. The fourth-order valence-electron chi connectivity index (χ4n) is 1.64. The fraction of sp³-hybridized carbons (Fsp3) is 1.00.